The second-order valence-corrected chi connectivity index (χ2v) is 12.7. The number of fused-ring (bicyclic) bond motifs is 5. The van der Waals surface area contributed by atoms with Gasteiger partial charge in [0.15, 0.2) is 5.65 Å². The molecule has 0 atom stereocenters. The zero-order valence-electron chi connectivity index (χ0n) is 26.6. The average Bonchev–Trinajstić information content (AvgIpc) is 3.69. The smallest absolute Gasteiger partial charge is 0.259 e. The lowest BCUT2D eigenvalue weighted by Crippen LogP contribution is -2.45. The van der Waals surface area contributed by atoms with Crippen LogP contribution in [0.25, 0.3) is 27.7 Å². The van der Waals surface area contributed by atoms with Crippen LogP contribution >= 0.6 is 0 Å². The van der Waals surface area contributed by atoms with Gasteiger partial charge in [0.1, 0.15) is 17.0 Å². The molecule has 3 aromatic heterocycles. The Hall–Kier alpha value is -4.70. The van der Waals surface area contributed by atoms with Gasteiger partial charge in [-0.1, -0.05) is 42.0 Å². The van der Waals surface area contributed by atoms with Gasteiger partial charge in [0.2, 0.25) is 11.3 Å². The first kappa shape index (κ1) is 30.0. The number of pyridine rings is 2. The molecular weight excluding hydrogens is 578 g/mol. The van der Waals surface area contributed by atoms with Crippen molar-refractivity contribution in [2.75, 3.05) is 44.2 Å². The molecule has 2 saturated heterocycles. The molecule has 0 spiro atoms. The van der Waals surface area contributed by atoms with Crippen molar-refractivity contribution in [1.82, 2.24) is 29.5 Å². The summed E-state index contributed by atoms with van der Waals surface area (Å²) in [6.07, 6.45) is 4.36. The zero-order chi connectivity index (χ0) is 31.8. The summed E-state index contributed by atoms with van der Waals surface area (Å²) in [5.74, 6) is 0.464. The van der Waals surface area contributed by atoms with Gasteiger partial charge in [-0.2, -0.15) is 0 Å². The van der Waals surface area contributed by atoms with E-state index >= 15 is 0 Å². The number of hydrogen-bond donors (Lipinski definition) is 2. The minimum atomic E-state index is -0.356. The van der Waals surface area contributed by atoms with Crippen molar-refractivity contribution in [3.8, 4) is 0 Å². The molecular formula is C36H41N7O3. The molecule has 7 rings (SSSR count). The highest BCUT2D eigenvalue weighted by molar-refractivity contribution is 6.05. The van der Waals surface area contributed by atoms with Crippen molar-refractivity contribution in [1.29, 1.82) is 0 Å². The second-order valence-electron chi connectivity index (χ2n) is 12.7. The van der Waals surface area contributed by atoms with Gasteiger partial charge in [-0.3, -0.25) is 18.8 Å². The van der Waals surface area contributed by atoms with Gasteiger partial charge in [-0.05, 0) is 75.5 Å². The van der Waals surface area contributed by atoms with Crippen molar-refractivity contribution < 1.29 is 9.59 Å². The largest absolute Gasteiger partial charge is 0.356 e. The van der Waals surface area contributed by atoms with Crippen molar-refractivity contribution in [2.24, 2.45) is 7.05 Å². The molecule has 10 nitrogen and oxygen atoms in total. The molecule has 2 aromatic carbocycles. The van der Waals surface area contributed by atoms with Crippen molar-refractivity contribution in [2.45, 2.75) is 45.1 Å². The minimum Gasteiger partial charge on any atom is -0.356 e. The van der Waals surface area contributed by atoms with Crippen LogP contribution in [0.5, 0.6) is 0 Å². The lowest BCUT2D eigenvalue weighted by Gasteiger charge is -2.33. The summed E-state index contributed by atoms with van der Waals surface area (Å²) in [6.45, 7) is 6.88. The van der Waals surface area contributed by atoms with Crippen molar-refractivity contribution >= 4 is 45.3 Å². The monoisotopic (exact) mass is 619 g/mol. The molecule has 5 heterocycles. The highest BCUT2D eigenvalue weighted by Gasteiger charge is 2.26. The summed E-state index contributed by atoms with van der Waals surface area (Å²) in [4.78, 5) is 50.0. The number of imidazole rings is 1. The third-order valence-corrected chi connectivity index (χ3v) is 9.59. The third kappa shape index (κ3) is 5.73. The van der Waals surface area contributed by atoms with E-state index in [0.29, 0.717) is 29.6 Å². The maximum atomic E-state index is 14.0. The Labute approximate surface area is 268 Å². The first-order chi connectivity index (χ1) is 22.4. The average molecular weight is 620 g/mol. The number of rotatable bonds is 8. The van der Waals surface area contributed by atoms with Gasteiger partial charge in [-0.15, -0.1) is 0 Å². The maximum absolute atomic E-state index is 14.0. The molecule has 2 fully saturated rings. The molecule has 0 bridgehead atoms. The van der Waals surface area contributed by atoms with Gasteiger partial charge < -0.3 is 25.0 Å². The summed E-state index contributed by atoms with van der Waals surface area (Å²) in [5.41, 5.74) is 4.90. The van der Waals surface area contributed by atoms with Gasteiger partial charge in [0.25, 0.3) is 5.91 Å². The van der Waals surface area contributed by atoms with Crippen LogP contribution in [0.1, 0.15) is 47.2 Å². The maximum Gasteiger partial charge on any atom is 0.259 e. The van der Waals surface area contributed by atoms with E-state index in [-0.39, 0.29) is 28.8 Å². The molecule has 2 aliphatic heterocycles. The van der Waals surface area contributed by atoms with Gasteiger partial charge in [0, 0.05) is 39.3 Å². The summed E-state index contributed by atoms with van der Waals surface area (Å²) in [6, 6.07) is 19.8. The Bertz CT molecular complexity index is 1980. The number of piperidine rings is 1. The van der Waals surface area contributed by atoms with Gasteiger partial charge >= 0.3 is 0 Å². The summed E-state index contributed by atoms with van der Waals surface area (Å²) in [5, 5.41) is 6.65. The van der Waals surface area contributed by atoms with E-state index in [4.69, 9.17) is 4.98 Å². The molecule has 2 aliphatic rings. The van der Waals surface area contributed by atoms with E-state index in [0.717, 1.165) is 68.0 Å². The number of likely N-dealkylation sites (tertiary alicyclic amines) is 1. The molecule has 5 aromatic rings. The number of carbonyl (C=O) groups excluding carboxylic acids is 2. The van der Waals surface area contributed by atoms with Crippen molar-refractivity contribution in [3.63, 3.8) is 0 Å². The number of nitrogens with zero attached hydrogens (tertiary/aromatic N) is 5. The van der Waals surface area contributed by atoms with E-state index in [9.17, 15) is 14.4 Å². The van der Waals surface area contributed by atoms with E-state index in [2.05, 4.69) is 20.4 Å². The van der Waals surface area contributed by atoms with Crippen LogP contribution in [0, 0.1) is 6.92 Å². The van der Waals surface area contributed by atoms with Crippen LogP contribution in [0.4, 0.5) is 5.82 Å². The Kier molecular flexibility index (Phi) is 8.21. The number of carbonyl (C=O) groups is 2. The molecule has 0 saturated carbocycles. The van der Waals surface area contributed by atoms with E-state index in [1.54, 1.807) is 0 Å². The van der Waals surface area contributed by atoms with Crippen LogP contribution in [-0.2, 0) is 18.3 Å². The fourth-order valence-corrected chi connectivity index (χ4v) is 7.06. The van der Waals surface area contributed by atoms with Gasteiger partial charge in [0.05, 0.1) is 22.8 Å². The number of anilines is 1. The molecule has 2 N–H and O–H groups in total. The fraction of sp³-hybridized carbons (Fsp3) is 0.389. The van der Waals surface area contributed by atoms with Crippen molar-refractivity contribution in [3.05, 3.63) is 87.6 Å². The molecule has 2 amide bonds. The van der Waals surface area contributed by atoms with Crippen LogP contribution in [0.15, 0.2) is 65.5 Å². The Morgan fingerprint density at radius 2 is 1.63 bits per heavy atom. The van der Waals surface area contributed by atoms with Gasteiger partial charge in [-0.25, -0.2) is 4.98 Å². The van der Waals surface area contributed by atoms with Crippen LogP contribution < -0.4 is 21.0 Å². The number of amides is 2. The van der Waals surface area contributed by atoms with E-state index in [1.165, 1.54) is 18.4 Å². The first-order valence-electron chi connectivity index (χ1n) is 16.4. The molecule has 10 heteroatoms. The number of hydrogen-bond acceptors (Lipinski definition) is 6. The molecule has 0 unspecified atom stereocenters. The Morgan fingerprint density at radius 3 is 2.37 bits per heavy atom. The zero-order valence-corrected chi connectivity index (χ0v) is 26.6. The molecule has 0 radical (unpaired) electrons. The SMILES string of the molecule is Cc1ccc(CC(=O)NC2CCN(c3ccc4c(=O)c(C(=O)NCCN5CCCC5)c5n(C)c6ccccc6n5c4n3)CC2)cc1. The van der Waals surface area contributed by atoms with Crippen LogP contribution in [0.3, 0.4) is 0 Å². The normalized spacial score (nSPS) is 16.1. The lowest BCUT2D eigenvalue weighted by molar-refractivity contribution is -0.121. The number of aromatic nitrogens is 3. The Morgan fingerprint density at radius 1 is 0.913 bits per heavy atom. The summed E-state index contributed by atoms with van der Waals surface area (Å²) >= 11 is 0. The molecule has 0 aliphatic carbocycles. The third-order valence-electron chi connectivity index (χ3n) is 9.59. The predicted molar refractivity (Wildman–Crippen MR) is 182 cm³/mol. The first-order valence-corrected chi connectivity index (χ1v) is 16.4. The van der Waals surface area contributed by atoms with E-state index < -0.39 is 0 Å². The van der Waals surface area contributed by atoms with Crippen LogP contribution in [0.2, 0.25) is 0 Å². The lowest BCUT2D eigenvalue weighted by atomic mass is 10.0. The fourth-order valence-electron chi connectivity index (χ4n) is 7.06. The molecule has 238 valence electrons. The highest BCUT2D eigenvalue weighted by atomic mass is 16.2. The number of nitrogens with one attached hydrogen (secondary N) is 2. The highest BCUT2D eigenvalue weighted by Crippen LogP contribution is 2.27. The number of benzene rings is 2. The predicted octanol–water partition coefficient (Wildman–Crippen LogP) is 3.80. The minimum absolute atomic E-state index is 0.0414. The topological polar surface area (TPSA) is 104 Å². The number of para-hydroxylation sites is 2. The standard InChI is InChI=1S/C36H41N7O3/c1-24-9-11-25(12-10-24)23-31(44)38-26-15-20-42(21-16-26)30-14-13-27-33(45)32(35(46)37-17-22-41-18-5-6-19-41)36-40(2)28-7-3-4-8-29(28)43(36)34(27)39-30/h3-4,7-14,26H,5-6,15-23H2,1-2H3,(H,37,46)(H,38,44). The number of aryl methyl sites for hydroxylation is 2. The van der Waals surface area contributed by atoms with E-state index in [1.807, 2.05) is 83.6 Å². The second kappa shape index (κ2) is 12.6. The summed E-state index contributed by atoms with van der Waals surface area (Å²) < 4.78 is 3.88. The Balaban J connectivity index is 1.15. The van der Waals surface area contributed by atoms with Crippen LogP contribution in [-0.4, -0.2) is 76.0 Å². The molecule has 46 heavy (non-hydrogen) atoms. The summed E-state index contributed by atoms with van der Waals surface area (Å²) in [7, 11) is 1.89. The quantitative estimate of drug-likeness (QED) is 0.274.